The van der Waals surface area contributed by atoms with E-state index >= 15 is 0 Å². The topological polar surface area (TPSA) is 69.1 Å². The SMILES string of the molecule is CC(=O)c1cc2c(cc1NC(=O)C[NH+](C)Cc1sccc1C)OCO2. The Hall–Kier alpha value is -2.38. The zero-order valence-electron chi connectivity index (χ0n) is 14.5. The molecule has 1 aliphatic rings. The van der Waals surface area contributed by atoms with Crippen LogP contribution < -0.4 is 19.7 Å². The Morgan fingerprint density at radius 1 is 1.28 bits per heavy atom. The Morgan fingerprint density at radius 3 is 2.64 bits per heavy atom. The minimum Gasteiger partial charge on any atom is -0.454 e. The predicted octanol–water partition coefficient (Wildman–Crippen LogP) is 1.64. The van der Waals surface area contributed by atoms with E-state index < -0.39 is 0 Å². The highest BCUT2D eigenvalue weighted by Crippen LogP contribution is 2.37. The molecule has 1 unspecified atom stereocenters. The van der Waals surface area contributed by atoms with Crippen LogP contribution in [0.15, 0.2) is 23.6 Å². The second kappa shape index (κ2) is 7.25. The molecule has 25 heavy (non-hydrogen) atoms. The lowest BCUT2D eigenvalue weighted by molar-refractivity contribution is -0.884. The zero-order valence-corrected chi connectivity index (χ0v) is 15.3. The molecule has 0 spiro atoms. The summed E-state index contributed by atoms with van der Waals surface area (Å²) < 4.78 is 10.6. The van der Waals surface area contributed by atoms with E-state index in [-0.39, 0.29) is 18.5 Å². The van der Waals surface area contributed by atoms with Gasteiger partial charge in [-0.05, 0) is 36.9 Å². The highest BCUT2D eigenvalue weighted by molar-refractivity contribution is 7.10. The van der Waals surface area contributed by atoms with Crippen LogP contribution in [0.5, 0.6) is 11.5 Å². The van der Waals surface area contributed by atoms with Crippen LogP contribution in [0, 0.1) is 6.92 Å². The number of fused-ring (bicyclic) bond motifs is 1. The first-order valence-electron chi connectivity index (χ1n) is 8.02. The van der Waals surface area contributed by atoms with Crippen molar-refractivity contribution < 1.29 is 24.0 Å². The predicted molar refractivity (Wildman–Crippen MR) is 95.7 cm³/mol. The molecule has 132 valence electrons. The second-order valence-corrected chi connectivity index (χ2v) is 7.19. The van der Waals surface area contributed by atoms with Crippen LogP contribution >= 0.6 is 11.3 Å². The summed E-state index contributed by atoms with van der Waals surface area (Å²) >= 11 is 1.70. The lowest BCUT2D eigenvalue weighted by atomic mass is 10.1. The zero-order chi connectivity index (χ0) is 18.0. The highest BCUT2D eigenvalue weighted by atomic mass is 32.1. The molecule has 1 aromatic heterocycles. The summed E-state index contributed by atoms with van der Waals surface area (Å²) in [5.41, 5.74) is 2.13. The van der Waals surface area contributed by atoms with E-state index in [9.17, 15) is 9.59 Å². The summed E-state index contributed by atoms with van der Waals surface area (Å²) in [6, 6.07) is 5.35. The van der Waals surface area contributed by atoms with E-state index in [0.717, 1.165) is 11.4 Å². The van der Waals surface area contributed by atoms with Crippen LogP contribution in [0.3, 0.4) is 0 Å². The van der Waals surface area contributed by atoms with Gasteiger partial charge in [0.25, 0.3) is 5.91 Å². The maximum atomic E-state index is 12.4. The number of aryl methyl sites for hydroxylation is 1. The van der Waals surface area contributed by atoms with Gasteiger partial charge in [-0.2, -0.15) is 0 Å². The molecule has 1 aliphatic heterocycles. The van der Waals surface area contributed by atoms with Crippen LogP contribution in [0.1, 0.15) is 27.7 Å². The Bertz CT molecular complexity index is 815. The van der Waals surface area contributed by atoms with Crippen molar-refractivity contribution in [1.82, 2.24) is 0 Å². The van der Waals surface area contributed by atoms with Gasteiger partial charge >= 0.3 is 0 Å². The van der Waals surface area contributed by atoms with Crippen LogP contribution in [0.4, 0.5) is 5.69 Å². The summed E-state index contributed by atoms with van der Waals surface area (Å²) in [7, 11) is 1.98. The van der Waals surface area contributed by atoms with Gasteiger partial charge in [-0.1, -0.05) is 0 Å². The molecule has 0 aliphatic carbocycles. The summed E-state index contributed by atoms with van der Waals surface area (Å²) in [5.74, 6) is 0.783. The van der Waals surface area contributed by atoms with Crippen molar-refractivity contribution >= 4 is 28.7 Å². The number of carbonyl (C=O) groups excluding carboxylic acids is 2. The molecule has 0 saturated heterocycles. The van der Waals surface area contributed by atoms with Gasteiger partial charge in [-0.25, -0.2) is 0 Å². The van der Waals surface area contributed by atoms with Gasteiger partial charge in [-0.15, -0.1) is 11.3 Å². The third-order valence-electron chi connectivity index (χ3n) is 4.06. The molecule has 2 heterocycles. The molecule has 1 aromatic carbocycles. The summed E-state index contributed by atoms with van der Waals surface area (Å²) in [5, 5.41) is 4.89. The number of amides is 1. The van der Waals surface area contributed by atoms with Crippen molar-refractivity contribution in [2.45, 2.75) is 20.4 Å². The van der Waals surface area contributed by atoms with E-state index in [4.69, 9.17) is 9.47 Å². The number of ketones is 1. The van der Waals surface area contributed by atoms with Crippen LogP contribution in [0.2, 0.25) is 0 Å². The number of quaternary nitrogens is 1. The third kappa shape index (κ3) is 4.00. The highest BCUT2D eigenvalue weighted by Gasteiger charge is 2.21. The number of ether oxygens (including phenoxy) is 2. The number of nitrogens with one attached hydrogen (secondary N) is 2. The third-order valence-corrected chi connectivity index (χ3v) is 5.08. The van der Waals surface area contributed by atoms with Crippen molar-refractivity contribution in [2.75, 3.05) is 25.7 Å². The lowest BCUT2D eigenvalue weighted by Crippen LogP contribution is -3.08. The normalized spacial score (nSPS) is 13.6. The molecular formula is C18H21N2O4S+. The number of Topliss-reactive ketones (excluding diaryl/α,β-unsaturated/α-hetero) is 1. The number of likely N-dealkylation sites (N-methyl/N-ethyl adjacent to an activating group) is 1. The molecule has 7 heteroatoms. The molecule has 0 fully saturated rings. The Morgan fingerprint density at radius 2 is 2.00 bits per heavy atom. The van der Waals surface area contributed by atoms with Crippen molar-refractivity contribution in [3.8, 4) is 11.5 Å². The fraction of sp³-hybridized carbons (Fsp3) is 0.333. The fourth-order valence-electron chi connectivity index (χ4n) is 2.73. The smallest absolute Gasteiger partial charge is 0.279 e. The van der Waals surface area contributed by atoms with Gasteiger partial charge in [-0.3, -0.25) is 9.59 Å². The molecule has 0 bridgehead atoms. The van der Waals surface area contributed by atoms with Gasteiger partial charge in [0.05, 0.1) is 17.6 Å². The maximum Gasteiger partial charge on any atom is 0.279 e. The second-order valence-electron chi connectivity index (χ2n) is 6.19. The number of rotatable bonds is 6. The van der Waals surface area contributed by atoms with E-state index in [1.54, 1.807) is 23.5 Å². The van der Waals surface area contributed by atoms with Crippen LogP contribution in [-0.2, 0) is 11.3 Å². The quantitative estimate of drug-likeness (QED) is 0.768. The van der Waals surface area contributed by atoms with E-state index in [0.29, 0.717) is 29.3 Å². The molecule has 3 rings (SSSR count). The lowest BCUT2D eigenvalue weighted by Gasteiger charge is -2.15. The van der Waals surface area contributed by atoms with Gasteiger partial charge in [0.15, 0.2) is 23.8 Å². The summed E-state index contributed by atoms with van der Waals surface area (Å²) in [6.45, 7) is 4.76. The van der Waals surface area contributed by atoms with Gasteiger partial charge in [0.2, 0.25) is 6.79 Å². The summed E-state index contributed by atoms with van der Waals surface area (Å²) in [4.78, 5) is 26.6. The van der Waals surface area contributed by atoms with Crippen LogP contribution in [-0.4, -0.2) is 32.1 Å². The van der Waals surface area contributed by atoms with E-state index in [2.05, 4.69) is 23.7 Å². The Balaban J connectivity index is 1.68. The summed E-state index contributed by atoms with van der Waals surface area (Å²) in [6.07, 6.45) is 0. The number of anilines is 1. The van der Waals surface area contributed by atoms with Crippen molar-refractivity contribution in [1.29, 1.82) is 0 Å². The molecule has 1 amide bonds. The first-order valence-corrected chi connectivity index (χ1v) is 8.90. The maximum absolute atomic E-state index is 12.4. The number of benzene rings is 1. The average Bonchev–Trinajstić information content (AvgIpc) is 3.15. The number of hydrogen-bond acceptors (Lipinski definition) is 5. The first-order chi connectivity index (χ1) is 11.9. The molecule has 2 aromatic rings. The van der Waals surface area contributed by atoms with Gasteiger partial charge in [0, 0.05) is 11.6 Å². The molecule has 2 N–H and O–H groups in total. The minimum atomic E-state index is -0.145. The number of hydrogen-bond donors (Lipinski definition) is 2. The van der Waals surface area contributed by atoms with Crippen LogP contribution in [0.25, 0.3) is 0 Å². The molecule has 6 nitrogen and oxygen atoms in total. The van der Waals surface area contributed by atoms with Crippen molar-refractivity contribution in [3.63, 3.8) is 0 Å². The van der Waals surface area contributed by atoms with E-state index in [1.807, 2.05) is 7.05 Å². The van der Waals surface area contributed by atoms with Crippen molar-refractivity contribution in [2.24, 2.45) is 0 Å². The van der Waals surface area contributed by atoms with Gasteiger partial charge in [0.1, 0.15) is 6.54 Å². The fourth-order valence-corrected chi connectivity index (χ4v) is 3.75. The molecule has 1 atom stereocenters. The standard InChI is InChI=1S/C18H20N2O4S/c1-11-4-5-25-17(11)8-20(3)9-18(22)19-14-7-16-15(23-10-24-16)6-13(14)12(2)21/h4-7H,8-10H2,1-3H3,(H,19,22)/p+1. The number of carbonyl (C=O) groups is 2. The largest absolute Gasteiger partial charge is 0.454 e. The monoisotopic (exact) mass is 361 g/mol. The Labute approximate surface area is 150 Å². The molecular weight excluding hydrogens is 340 g/mol. The van der Waals surface area contributed by atoms with Gasteiger partial charge < -0.3 is 19.7 Å². The first kappa shape index (κ1) is 17.4. The Kier molecular flexibility index (Phi) is 5.06. The number of thiophene rings is 1. The molecule has 0 radical (unpaired) electrons. The average molecular weight is 361 g/mol. The molecule has 0 saturated carbocycles. The van der Waals surface area contributed by atoms with E-state index in [1.165, 1.54) is 17.4 Å². The van der Waals surface area contributed by atoms with Crippen molar-refractivity contribution in [3.05, 3.63) is 39.6 Å². The minimum absolute atomic E-state index is 0.122.